The predicted octanol–water partition coefficient (Wildman–Crippen LogP) is 3.62. The van der Waals surface area contributed by atoms with Gasteiger partial charge in [0.05, 0.1) is 18.7 Å². The summed E-state index contributed by atoms with van der Waals surface area (Å²) in [6.07, 6.45) is 0. The third kappa shape index (κ3) is 3.81. The van der Waals surface area contributed by atoms with Crippen molar-refractivity contribution in [2.75, 3.05) is 12.4 Å². The van der Waals surface area contributed by atoms with Gasteiger partial charge in [-0.05, 0) is 42.8 Å². The molecule has 7 heteroatoms. The van der Waals surface area contributed by atoms with E-state index in [0.29, 0.717) is 27.7 Å². The molecule has 3 N–H and O–H groups in total. The van der Waals surface area contributed by atoms with Gasteiger partial charge in [-0.3, -0.25) is 4.79 Å². The number of halogens is 1. The standard InChI is InChI=1S/C19H18ClN3O3/c1-11-16(18(24)22-14-7-4-6-13(20)10-14)17(23-19(25)21-11)12-5-3-8-15(9-12)26-2/h3-10,17H,1-2H3,(H,22,24)(H2,21,23,25)/t17-/m0/s1. The highest BCUT2D eigenvalue weighted by atomic mass is 35.5. The van der Waals surface area contributed by atoms with E-state index in [0.717, 1.165) is 5.56 Å². The van der Waals surface area contributed by atoms with Crippen LogP contribution in [0.4, 0.5) is 10.5 Å². The number of hydrogen-bond donors (Lipinski definition) is 3. The first kappa shape index (κ1) is 17.8. The molecule has 2 aromatic rings. The summed E-state index contributed by atoms with van der Waals surface area (Å²) >= 11 is 5.97. The molecule has 0 saturated heterocycles. The number of carbonyl (C=O) groups is 2. The van der Waals surface area contributed by atoms with Gasteiger partial charge in [0.25, 0.3) is 5.91 Å². The lowest BCUT2D eigenvalue weighted by atomic mass is 9.94. The monoisotopic (exact) mass is 371 g/mol. The Kier molecular flexibility index (Phi) is 5.14. The summed E-state index contributed by atoms with van der Waals surface area (Å²) in [7, 11) is 1.56. The number of ether oxygens (including phenoxy) is 1. The maximum absolute atomic E-state index is 12.9. The highest BCUT2D eigenvalue weighted by Gasteiger charge is 2.31. The Labute approximate surface area is 156 Å². The van der Waals surface area contributed by atoms with Crippen molar-refractivity contribution in [3.8, 4) is 5.75 Å². The Morgan fingerprint density at radius 2 is 1.96 bits per heavy atom. The van der Waals surface area contributed by atoms with Gasteiger partial charge in [0.15, 0.2) is 0 Å². The average Bonchev–Trinajstić information content (AvgIpc) is 2.61. The summed E-state index contributed by atoms with van der Waals surface area (Å²) in [6, 6.07) is 13.1. The van der Waals surface area contributed by atoms with Crippen LogP contribution in [0.15, 0.2) is 59.8 Å². The quantitative estimate of drug-likeness (QED) is 0.768. The van der Waals surface area contributed by atoms with E-state index in [-0.39, 0.29) is 11.9 Å². The molecular weight excluding hydrogens is 354 g/mol. The fourth-order valence-electron chi connectivity index (χ4n) is 2.83. The lowest BCUT2D eigenvalue weighted by Crippen LogP contribution is -2.45. The predicted molar refractivity (Wildman–Crippen MR) is 100 cm³/mol. The second-order valence-corrected chi connectivity index (χ2v) is 6.25. The Balaban J connectivity index is 1.96. The third-order valence-electron chi connectivity index (χ3n) is 4.02. The van der Waals surface area contributed by atoms with Crippen LogP contribution in [0.3, 0.4) is 0 Å². The molecule has 134 valence electrons. The van der Waals surface area contributed by atoms with Crippen LogP contribution in [0.2, 0.25) is 5.02 Å². The molecule has 0 saturated carbocycles. The van der Waals surface area contributed by atoms with Crippen LogP contribution < -0.4 is 20.7 Å². The maximum atomic E-state index is 12.9. The van der Waals surface area contributed by atoms with Crippen molar-refractivity contribution in [2.45, 2.75) is 13.0 Å². The summed E-state index contributed by atoms with van der Waals surface area (Å²) in [5, 5.41) is 8.78. The Bertz CT molecular complexity index is 895. The average molecular weight is 372 g/mol. The number of allylic oxidation sites excluding steroid dienone is 1. The van der Waals surface area contributed by atoms with E-state index in [1.807, 2.05) is 12.1 Å². The van der Waals surface area contributed by atoms with Gasteiger partial charge in [-0.2, -0.15) is 0 Å². The van der Waals surface area contributed by atoms with Gasteiger partial charge >= 0.3 is 6.03 Å². The summed E-state index contributed by atoms with van der Waals surface area (Å²) < 4.78 is 5.24. The number of methoxy groups -OCH3 is 1. The van der Waals surface area contributed by atoms with Crippen molar-refractivity contribution in [3.63, 3.8) is 0 Å². The Hall–Kier alpha value is -2.99. The molecule has 0 bridgehead atoms. The van der Waals surface area contributed by atoms with E-state index in [4.69, 9.17) is 16.3 Å². The van der Waals surface area contributed by atoms with Crippen molar-refractivity contribution in [2.24, 2.45) is 0 Å². The lowest BCUT2D eigenvalue weighted by molar-refractivity contribution is -0.113. The summed E-state index contributed by atoms with van der Waals surface area (Å²) in [5.41, 5.74) is 2.22. The van der Waals surface area contributed by atoms with Crippen molar-refractivity contribution >= 4 is 29.2 Å². The normalized spacial score (nSPS) is 16.6. The highest BCUT2D eigenvalue weighted by molar-refractivity contribution is 6.31. The van der Waals surface area contributed by atoms with E-state index in [2.05, 4.69) is 16.0 Å². The fraction of sp³-hybridized carbons (Fsp3) is 0.158. The number of nitrogens with one attached hydrogen (secondary N) is 3. The van der Waals surface area contributed by atoms with Crippen LogP contribution in [0, 0.1) is 0 Å². The molecule has 0 radical (unpaired) electrons. The van der Waals surface area contributed by atoms with Gasteiger partial charge in [-0.1, -0.05) is 29.8 Å². The molecule has 0 aromatic heterocycles. The molecule has 3 amide bonds. The molecule has 6 nitrogen and oxygen atoms in total. The van der Waals surface area contributed by atoms with E-state index < -0.39 is 6.04 Å². The van der Waals surface area contributed by atoms with Gasteiger partial charge < -0.3 is 20.7 Å². The second kappa shape index (κ2) is 7.49. The minimum absolute atomic E-state index is 0.329. The van der Waals surface area contributed by atoms with Crippen LogP contribution in [-0.2, 0) is 4.79 Å². The molecule has 0 aliphatic carbocycles. The van der Waals surface area contributed by atoms with E-state index in [9.17, 15) is 9.59 Å². The van der Waals surface area contributed by atoms with Gasteiger partial charge in [-0.15, -0.1) is 0 Å². The summed E-state index contributed by atoms with van der Waals surface area (Å²) in [6.45, 7) is 1.69. The number of urea groups is 1. The van der Waals surface area contributed by atoms with E-state index >= 15 is 0 Å². The minimum atomic E-state index is -0.599. The number of hydrogen-bond acceptors (Lipinski definition) is 3. The zero-order valence-electron chi connectivity index (χ0n) is 14.3. The number of carbonyl (C=O) groups excluding carboxylic acids is 2. The SMILES string of the molecule is COc1cccc([C@@H]2NC(=O)NC(C)=C2C(=O)Nc2cccc(Cl)c2)c1. The van der Waals surface area contributed by atoms with E-state index in [1.54, 1.807) is 50.4 Å². The molecule has 0 unspecified atom stereocenters. The van der Waals surface area contributed by atoms with Crippen LogP contribution in [-0.4, -0.2) is 19.0 Å². The second-order valence-electron chi connectivity index (χ2n) is 5.81. The van der Waals surface area contributed by atoms with Crippen LogP contribution >= 0.6 is 11.6 Å². The molecule has 0 fully saturated rings. The first-order valence-electron chi connectivity index (χ1n) is 7.97. The largest absolute Gasteiger partial charge is 0.497 e. The molecule has 1 atom stereocenters. The minimum Gasteiger partial charge on any atom is -0.497 e. The lowest BCUT2D eigenvalue weighted by Gasteiger charge is -2.28. The summed E-state index contributed by atoms with van der Waals surface area (Å²) in [4.78, 5) is 24.8. The molecule has 1 aliphatic rings. The molecule has 2 aromatic carbocycles. The number of benzene rings is 2. The van der Waals surface area contributed by atoms with Crippen molar-refractivity contribution < 1.29 is 14.3 Å². The van der Waals surface area contributed by atoms with Gasteiger partial charge in [0.1, 0.15) is 5.75 Å². The molecule has 1 aliphatic heterocycles. The van der Waals surface area contributed by atoms with Crippen LogP contribution in [0.25, 0.3) is 0 Å². The number of rotatable bonds is 4. The topological polar surface area (TPSA) is 79.5 Å². The third-order valence-corrected chi connectivity index (χ3v) is 4.26. The van der Waals surface area contributed by atoms with Gasteiger partial charge in [-0.25, -0.2) is 4.79 Å². The number of amides is 3. The molecular formula is C19H18ClN3O3. The molecule has 1 heterocycles. The molecule has 0 spiro atoms. The van der Waals surface area contributed by atoms with Gasteiger partial charge in [0, 0.05) is 16.4 Å². The Morgan fingerprint density at radius 1 is 1.19 bits per heavy atom. The maximum Gasteiger partial charge on any atom is 0.319 e. The van der Waals surface area contributed by atoms with Crippen molar-refractivity contribution in [1.82, 2.24) is 10.6 Å². The smallest absolute Gasteiger partial charge is 0.319 e. The first-order valence-corrected chi connectivity index (χ1v) is 8.35. The van der Waals surface area contributed by atoms with E-state index in [1.165, 1.54) is 0 Å². The zero-order chi connectivity index (χ0) is 18.7. The molecule has 26 heavy (non-hydrogen) atoms. The Morgan fingerprint density at radius 3 is 2.69 bits per heavy atom. The summed E-state index contributed by atoms with van der Waals surface area (Å²) in [5.74, 6) is 0.313. The van der Waals surface area contributed by atoms with Gasteiger partial charge in [0.2, 0.25) is 0 Å². The zero-order valence-corrected chi connectivity index (χ0v) is 15.1. The highest BCUT2D eigenvalue weighted by Crippen LogP contribution is 2.30. The van der Waals surface area contributed by atoms with Crippen LogP contribution in [0.1, 0.15) is 18.5 Å². The number of anilines is 1. The molecule has 3 rings (SSSR count). The van der Waals surface area contributed by atoms with Crippen molar-refractivity contribution in [1.29, 1.82) is 0 Å². The first-order chi connectivity index (χ1) is 12.5. The fourth-order valence-corrected chi connectivity index (χ4v) is 3.02. The van der Waals surface area contributed by atoms with Crippen LogP contribution in [0.5, 0.6) is 5.75 Å². The van der Waals surface area contributed by atoms with Crippen molar-refractivity contribution in [3.05, 3.63) is 70.4 Å².